The second-order valence-electron chi connectivity index (χ2n) is 8.92. The van der Waals surface area contributed by atoms with Crippen LogP contribution in [0.2, 0.25) is 0 Å². The Hall–Kier alpha value is -3.07. The Bertz CT molecular complexity index is 1130. The lowest BCUT2D eigenvalue weighted by Crippen LogP contribution is -2.36. The fourth-order valence-electron chi connectivity index (χ4n) is 4.04. The first-order valence-electron chi connectivity index (χ1n) is 11.8. The third-order valence-electron chi connectivity index (χ3n) is 5.85. The summed E-state index contributed by atoms with van der Waals surface area (Å²) in [5.74, 6) is -0.599. The van der Waals surface area contributed by atoms with Gasteiger partial charge in [-0.3, -0.25) is 4.90 Å². The maximum absolute atomic E-state index is 14.4. The van der Waals surface area contributed by atoms with Gasteiger partial charge in [-0.2, -0.15) is 5.10 Å². The van der Waals surface area contributed by atoms with E-state index in [0.717, 1.165) is 42.6 Å². The van der Waals surface area contributed by atoms with Gasteiger partial charge >= 0.3 is 0 Å². The maximum Gasteiger partial charge on any atom is 0.222 e. The summed E-state index contributed by atoms with van der Waals surface area (Å²) in [5, 5.41) is 15.3. The zero-order valence-electron chi connectivity index (χ0n) is 19.9. The summed E-state index contributed by atoms with van der Waals surface area (Å²) in [4.78, 5) is 2.16. The lowest BCUT2D eigenvalue weighted by Gasteiger charge is -2.25. The number of rotatable bonds is 13. The van der Waals surface area contributed by atoms with E-state index in [1.54, 1.807) is 17.8 Å². The molecule has 1 aliphatic rings. The second kappa shape index (κ2) is 11.6. The number of ether oxygens (including phenoxy) is 2. The van der Waals surface area contributed by atoms with Crippen LogP contribution >= 0.6 is 0 Å². The Morgan fingerprint density at radius 1 is 1.23 bits per heavy atom. The summed E-state index contributed by atoms with van der Waals surface area (Å²) in [5.41, 5.74) is 2.37. The Kier molecular flexibility index (Phi) is 8.28. The molecule has 186 valence electrons. The van der Waals surface area contributed by atoms with Gasteiger partial charge in [-0.15, -0.1) is 6.58 Å². The molecule has 0 spiro atoms. The molecule has 1 heterocycles. The van der Waals surface area contributed by atoms with Crippen molar-refractivity contribution in [2.75, 3.05) is 26.3 Å². The number of halogens is 2. The van der Waals surface area contributed by atoms with Crippen LogP contribution in [0.15, 0.2) is 61.2 Å². The predicted octanol–water partition coefficient (Wildman–Crippen LogP) is 4.93. The molecule has 0 aliphatic heterocycles. The largest absolute Gasteiger partial charge is 0.436 e. The highest BCUT2D eigenvalue weighted by Crippen LogP contribution is 2.36. The number of benzene rings is 2. The number of aliphatic hydroxyl groups is 1. The van der Waals surface area contributed by atoms with Crippen LogP contribution in [0.3, 0.4) is 0 Å². The van der Waals surface area contributed by atoms with Gasteiger partial charge in [0.15, 0.2) is 11.6 Å². The second-order valence-corrected chi connectivity index (χ2v) is 8.92. The fraction of sp³-hybridized carbons (Fsp3) is 0.370. The molecule has 6 nitrogen and oxygen atoms in total. The van der Waals surface area contributed by atoms with E-state index >= 15 is 0 Å². The number of hydrogen-bond acceptors (Lipinski definition) is 5. The molecule has 4 rings (SSSR count). The summed E-state index contributed by atoms with van der Waals surface area (Å²) in [6, 6.07) is 12.9. The van der Waals surface area contributed by atoms with Gasteiger partial charge in [-0.25, -0.2) is 13.5 Å². The predicted molar refractivity (Wildman–Crippen MR) is 130 cm³/mol. The van der Waals surface area contributed by atoms with Gasteiger partial charge in [0.1, 0.15) is 11.5 Å². The van der Waals surface area contributed by atoms with Crippen LogP contribution in [0.4, 0.5) is 8.78 Å². The minimum Gasteiger partial charge on any atom is -0.436 e. The average Bonchev–Trinajstić information content (AvgIpc) is 3.60. The molecule has 0 unspecified atom stereocenters. The van der Waals surface area contributed by atoms with Crippen molar-refractivity contribution in [2.45, 2.75) is 25.5 Å². The van der Waals surface area contributed by atoms with Gasteiger partial charge in [0, 0.05) is 38.3 Å². The summed E-state index contributed by atoms with van der Waals surface area (Å²) in [6.07, 6.45) is 3.28. The third kappa shape index (κ3) is 6.75. The van der Waals surface area contributed by atoms with Crippen LogP contribution < -0.4 is 4.74 Å². The van der Waals surface area contributed by atoms with Crippen molar-refractivity contribution in [1.82, 2.24) is 14.7 Å². The van der Waals surface area contributed by atoms with E-state index in [0.29, 0.717) is 37.2 Å². The molecule has 1 atom stereocenters. The van der Waals surface area contributed by atoms with E-state index in [1.807, 2.05) is 30.3 Å². The van der Waals surface area contributed by atoms with Crippen molar-refractivity contribution in [2.24, 2.45) is 13.0 Å². The number of hydrogen-bond donors (Lipinski definition) is 1. The number of aromatic nitrogens is 2. The molecule has 2 aromatic carbocycles. The van der Waals surface area contributed by atoms with Crippen LogP contribution in [0, 0.1) is 17.6 Å². The highest BCUT2D eigenvalue weighted by Gasteiger charge is 2.29. The van der Waals surface area contributed by atoms with E-state index in [9.17, 15) is 13.9 Å². The standard InChI is InChI=1S/C27H31F2N3O3/c1-3-13-34-18-22(33)16-32(15-19-9-10-19)17-23-26(20-7-5-4-6-8-20)30-31(2)27(23)35-25-12-11-21(28)14-24(25)29/h3-8,11-12,14,19,22,33H,1,9-10,13,15-18H2,2H3/t22-/m1/s1. The lowest BCUT2D eigenvalue weighted by molar-refractivity contribution is 0.0235. The highest BCUT2D eigenvalue weighted by atomic mass is 19.1. The average molecular weight is 484 g/mol. The molecule has 0 saturated heterocycles. The van der Waals surface area contributed by atoms with Crippen molar-refractivity contribution in [1.29, 1.82) is 0 Å². The molecule has 35 heavy (non-hydrogen) atoms. The zero-order chi connectivity index (χ0) is 24.8. The molecule has 1 N–H and O–H groups in total. The van der Waals surface area contributed by atoms with Crippen LogP contribution in [-0.4, -0.2) is 52.2 Å². The minimum absolute atomic E-state index is 0.0816. The molecular weight excluding hydrogens is 452 g/mol. The van der Waals surface area contributed by atoms with Crippen molar-refractivity contribution >= 4 is 0 Å². The first-order chi connectivity index (χ1) is 16.9. The first kappa shape index (κ1) is 25.0. The number of aliphatic hydroxyl groups excluding tert-OH is 1. The van der Waals surface area contributed by atoms with E-state index in [1.165, 1.54) is 6.07 Å². The fourth-order valence-corrected chi connectivity index (χ4v) is 4.04. The lowest BCUT2D eigenvalue weighted by atomic mass is 10.1. The van der Waals surface area contributed by atoms with Crippen LogP contribution in [0.5, 0.6) is 11.6 Å². The minimum atomic E-state index is -0.789. The van der Waals surface area contributed by atoms with Gasteiger partial charge in [-0.05, 0) is 30.9 Å². The van der Waals surface area contributed by atoms with Gasteiger partial charge < -0.3 is 14.6 Å². The Labute approximate surface area is 204 Å². The number of nitrogens with zero attached hydrogens (tertiary/aromatic N) is 3. The van der Waals surface area contributed by atoms with E-state index < -0.39 is 17.7 Å². The zero-order valence-corrected chi connectivity index (χ0v) is 19.9. The SMILES string of the molecule is C=CCOC[C@H](O)CN(Cc1c(-c2ccccc2)nn(C)c1Oc1ccc(F)cc1F)CC1CC1. The quantitative estimate of drug-likeness (QED) is 0.276. The molecule has 1 saturated carbocycles. The molecular formula is C27H31F2N3O3. The van der Waals surface area contributed by atoms with Gasteiger partial charge in [-0.1, -0.05) is 36.4 Å². The van der Waals surface area contributed by atoms with Crippen molar-refractivity contribution in [3.63, 3.8) is 0 Å². The van der Waals surface area contributed by atoms with Gasteiger partial charge in [0.25, 0.3) is 0 Å². The molecule has 0 amide bonds. The van der Waals surface area contributed by atoms with Crippen LogP contribution in [0.1, 0.15) is 18.4 Å². The van der Waals surface area contributed by atoms with Crippen LogP contribution in [0.25, 0.3) is 11.3 Å². The molecule has 3 aromatic rings. The van der Waals surface area contributed by atoms with Gasteiger partial charge in [0.05, 0.1) is 24.9 Å². The van der Waals surface area contributed by atoms with E-state index in [2.05, 4.69) is 16.6 Å². The van der Waals surface area contributed by atoms with Gasteiger partial charge in [0.2, 0.25) is 5.88 Å². The molecule has 1 fully saturated rings. The first-order valence-corrected chi connectivity index (χ1v) is 11.8. The summed E-state index contributed by atoms with van der Waals surface area (Å²) in [7, 11) is 1.73. The topological polar surface area (TPSA) is 59.8 Å². The Morgan fingerprint density at radius 3 is 2.69 bits per heavy atom. The summed E-state index contributed by atoms with van der Waals surface area (Å²) >= 11 is 0. The summed E-state index contributed by atoms with van der Waals surface area (Å²) < 4.78 is 40.8. The van der Waals surface area contributed by atoms with Crippen molar-refractivity contribution in [3.8, 4) is 22.9 Å². The Balaban J connectivity index is 1.66. The Morgan fingerprint density at radius 2 is 2.00 bits per heavy atom. The van der Waals surface area contributed by atoms with Crippen molar-refractivity contribution < 1.29 is 23.4 Å². The highest BCUT2D eigenvalue weighted by molar-refractivity contribution is 5.65. The van der Waals surface area contributed by atoms with Crippen molar-refractivity contribution in [3.05, 3.63) is 78.4 Å². The molecule has 1 aromatic heterocycles. The molecule has 0 bridgehead atoms. The van der Waals surface area contributed by atoms with Crippen LogP contribution in [-0.2, 0) is 18.3 Å². The molecule has 0 radical (unpaired) electrons. The number of aryl methyl sites for hydroxylation is 1. The normalized spacial score (nSPS) is 14.3. The monoisotopic (exact) mass is 483 g/mol. The van der Waals surface area contributed by atoms with E-state index in [-0.39, 0.29) is 12.4 Å². The van der Waals surface area contributed by atoms with E-state index in [4.69, 9.17) is 9.47 Å². The summed E-state index contributed by atoms with van der Waals surface area (Å²) in [6.45, 7) is 5.86. The third-order valence-corrected chi connectivity index (χ3v) is 5.85. The molecule has 8 heteroatoms. The smallest absolute Gasteiger partial charge is 0.222 e. The maximum atomic E-state index is 14.4. The molecule has 1 aliphatic carbocycles.